The van der Waals surface area contributed by atoms with E-state index in [4.69, 9.17) is 14.2 Å². The van der Waals surface area contributed by atoms with Crippen LogP contribution in [0.15, 0.2) is 47.8 Å². The van der Waals surface area contributed by atoms with Crippen LogP contribution in [0.3, 0.4) is 0 Å². The Hall–Kier alpha value is -3.06. The Morgan fingerprint density at radius 1 is 1.00 bits per heavy atom. The second kappa shape index (κ2) is 8.55. The summed E-state index contributed by atoms with van der Waals surface area (Å²) in [6.07, 6.45) is 0. The van der Waals surface area contributed by atoms with Gasteiger partial charge in [0, 0.05) is 17.5 Å². The van der Waals surface area contributed by atoms with Gasteiger partial charge in [-0.05, 0) is 35.9 Å². The molecule has 7 heteroatoms. The number of hydrogen-bond acceptors (Lipinski definition) is 6. The Morgan fingerprint density at radius 3 is 2.41 bits per heavy atom. The van der Waals surface area contributed by atoms with Gasteiger partial charge in [0.1, 0.15) is 16.5 Å². The van der Waals surface area contributed by atoms with Crippen molar-refractivity contribution in [3.05, 3.63) is 59.1 Å². The van der Waals surface area contributed by atoms with Crippen molar-refractivity contribution in [3.63, 3.8) is 0 Å². The van der Waals surface area contributed by atoms with Gasteiger partial charge < -0.3 is 19.5 Å². The van der Waals surface area contributed by atoms with Crippen LogP contribution in [0.1, 0.15) is 16.1 Å². The summed E-state index contributed by atoms with van der Waals surface area (Å²) in [6.45, 7) is 0.423. The van der Waals surface area contributed by atoms with E-state index in [-0.39, 0.29) is 5.91 Å². The molecule has 1 amide bonds. The monoisotopic (exact) mass is 384 g/mol. The molecule has 0 bridgehead atoms. The predicted molar refractivity (Wildman–Crippen MR) is 105 cm³/mol. The molecule has 6 nitrogen and oxygen atoms in total. The van der Waals surface area contributed by atoms with Crippen LogP contribution >= 0.6 is 11.3 Å². The van der Waals surface area contributed by atoms with E-state index in [2.05, 4.69) is 10.3 Å². The number of nitrogens with one attached hydrogen (secondary N) is 1. The predicted octanol–water partition coefficient (Wildman–Crippen LogP) is 3.77. The molecule has 3 rings (SSSR count). The van der Waals surface area contributed by atoms with Gasteiger partial charge in [-0.15, -0.1) is 11.3 Å². The topological polar surface area (TPSA) is 69.7 Å². The molecule has 0 radical (unpaired) electrons. The number of nitrogens with zero attached hydrogens (tertiary/aromatic N) is 1. The second-order valence-electron chi connectivity index (χ2n) is 5.64. The fourth-order valence-electron chi connectivity index (χ4n) is 2.50. The van der Waals surface area contributed by atoms with Crippen LogP contribution in [-0.2, 0) is 6.54 Å². The fraction of sp³-hybridized carbons (Fsp3) is 0.200. The quantitative estimate of drug-likeness (QED) is 0.672. The van der Waals surface area contributed by atoms with E-state index in [0.717, 1.165) is 21.9 Å². The first kappa shape index (κ1) is 18.7. The molecular weight excluding hydrogens is 364 g/mol. The zero-order valence-electron chi connectivity index (χ0n) is 15.3. The molecule has 0 aliphatic heterocycles. The molecule has 0 fully saturated rings. The Labute approximate surface area is 161 Å². The molecule has 0 atom stereocenters. The first-order valence-electron chi connectivity index (χ1n) is 8.23. The van der Waals surface area contributed by atoms with E-state index in [1.165, 1.54) is 11.3 Å². The third-order valence-electron chi connectivity index (χ3n) is 3.98. The van der Waals surface area contributed by atoms with Crippen LogP contribution in [-0.4, -0.2) is 32.2 Å². The van der Waals surface area contributed by atoms with Crippen LogP contribution in [0, 0.1) is 0 Å². The first-order chi connectivity index (χ1) is 13.1. The number of ether oxygens (including phenoxy) is 3. The molecule has 27 heavy (non-hydrogen) atoms. The molecule has 0 saturated heterocycles. The average molecular weight is 384 g/mol. The number of hydrogen-bond donors (Lipinski definition) is 1. The van der Waals surface area contributed by atoms with E-state index in [9.17, 15) is 4.79 Å². The normalized spacial score (nSPS) is 10.3. The van der Waals surface area contributed by atoms with Gasteiger partial charge in [-0.3, -0.25) is 4.79 Å². The minimum Gasteiger partial charge on any atom is -0.497 e. The molecule has 1 aromatic heterocycles. The van der Waals surface area contributed by atoms with Crippen molar-refractivity contribution in [1.29, 1.82) is 0 Å². The van der Waals surface area contributed by atoms with E-state index in [0.29, 0.717) is 23.7 Å². The molecule has 1 N–H and O–H groups in total. The van der Waals surface area contributed by atoms with Crippen LogP contribution in [0.25, 0.3) is 10.6 Å². The van der Waals surface area contributed by atoms with Crippen LogP contribution in [0.5, 0.6) is 17.2 Å². The smallest absolute Gasteiger partial charge is 0.271 e. The van der Waals surface area contributed by atoms with Gasteiger partial charge in [-0.1, -0.05) is 12.1 Å². The summed E-state index contributed by atoms with van der Waals surface area (Å²) in [5, 5.41) is 5.36. The molecule has 0 aliphatic carbocycles. The van der Waals surface area contributed by atoms with Gasteiger partial charge >= 0.3 is 0 Å². The van der Waals surface area contributed by atoms with E-state index >= 15 is 0 Å². The Bertz CT molecular complexity index is 922. The number of aromatic nitrogens is 1. The molecule has 3 aromatic rings. The zero-order chi connectivity index (χ0) is 19.2. The Balaban J connectivity index is 1.68. The van der Waals surface area contributed by atoms with Gasteiger partial charge in [0.05, 0.1) is 21.3 Å². The van der Waals surface area contributed by atoms with E-state index < -0.39 is 0 Å². The summed E-state index contributed by atoms with van der Waals surface area (Å²) in [7, 11) is 4.79. The highest BCUT2D eigenvalue weighted by Gasteiger charge is 2.13. The lowest BCUT2D eigenvalue weighted by atomic mass is 10.2. The Kier molecular flexibility index (Phi) is 5.93. The molecule has 140 valence electrons. The number of benzene rings is 2. The Morgan fingerprint density at radius 2 is 1.74 bits per heavy atom. The fourth-order valence-corrected chi connectivity index (χ4v) is 3.29. The summed E-state index contributed by atoms with van der Waals surface area (Å²) in [5.41, 5.74) is 2.24. The lowest BCUT2D eigenvalue weighted by Gasteiger charge is -2.08. The van der Waals surface area contributed by atoms with Gasteiger partial charge in [0.2, 0.25) is 0 Å². The van der Waals surface area contributed by atoms with Gasteiger partial charge in [-0.25, -0.2) is 4.98 Å². The number of rotatable bonds is 7. The number of methoxy groups -OCH3 is 3. The van der Waals surface area contributed by atoms with Crippen molar-refractivity contribution < 1.29 is 19.0 Å². The average Bonchev–Trinajstić information content (AvgIpc) is 3.22. The lowest BCUT2D eigenvalue weighted by molar-refractivity contribution is 0.0946. The zero-order valence-corrected chi connectivity index (χ0v) is 16.1. The summed E-state index contributed by atoms with van der Waals surface area (Å²) in [4.78, 5) is 16.8. The molecule has 1 heterocycles. The van der Waals surface area contributed by atoms with Crippen molar-refractivity contribution >= 4 is 17.2 Å². The second-order valence-corrected chi connectivity index (χ2v) is 6.50. The summed E-state index contributed by atoms with van der Waals surface area (Å²) in [5.74, 6) is 1.84. The van der Waals surface area contributed by atoms with Crippen LogP contribution in [0.2, 0.25) is 0 Å². The SMILES string of the molecule is COc1ccc(CNC(=O)c2csc(-c3ccc(OC)c(OC)c3)n2)cc1. The highest BCUT2D eigenvalue weighted by atomic mass is 32.1. The minimum atomic E-state index is -0.214. The van der Waals surface area contributed by atoms with Gasteiger partial charge in [0.25, 0.3) is 5.91 Å². The minimum absolute atomic E-state index is 0.214. The van der Waals surface area contributed by atoms with Crippen LogP contribution < -0.4 is 19.5 Å². The molecular formula is C20H20N2O4S. The van der Waals surface area contributed by atoms with Gasteiger partial charge in [0.15, 0.2) is 11.5 Å². The van der Waals surface area contributed by atoms with Crippen molar-refractivity contribution in [2.24, 2.45) is 0 Å². The van der Waals surface area contributed by atoms with E-state index in [1.807, 2.05) is 42.5 Å². The van der Waals surface area contributed by atoms with Crippen molar-refractivity contribution in [1.82, 2.24) is 10.3 Å². The highest BCUT2D eigenvalue weighted by Crippen LogP contribution is 2.33. The molecule has 2 aromatic carbocycles. The maximum atomic E-state index is 12.4. The molecule has 0 aliphatic rings. The summed E-state index contributed by atoms with van der Waals surface area (Å²) in [6, 6.07) is 13.1. The molecule has 0 unspecified atom stereocenters. The maximum Gasteiger partial charge on any atom is 0.271 e. The molecule has 0 saturated carbocycles. The maximum absolute atomic E-state index is 12.4. The lowest BCUT2D eigenvalue weighted by Crippen LogP contribution is -2.23. The van der Waals surface area contributed by atoms with Crippen molar-refractivity contribution in [2.75, 3.05) is 21.3 Å². The third-order valence-corrected chi connectivity index (χ3v) is 4.87. The number of carbonyl (C=O) groups is 1. The highest BCUT2D eigenvalue weighted by molar-refractivity contribution is 7.13. The molecule has 0 spiro atoms. The standard InChI is InChI=1S/C20H20N2O4S/c1-24-15-7-4-13(5-8-15)11-21-19(23)16-12-27-20(22-16)14-6-9-17(25-2)18(10-14)26-3/h4-10,12H,11H2,1-3H3,(H,21,23). The van der Waals surface area contributed by atoms with Crippen molar-refractivity contribution in [2.45, 2.75) is 6.54 Å². The number of carbonyl (C=O) groups excluding carboxylic acids is 1. The number of thiazole rings is 1. The van der Waals surface area contributed by atoms with Crippen molar-refractivity contribution in [3.8, 4) is 27.8 Å². The summed E-state index contributed by atoms with van der Waals surface area (Å²) >= 11 is 1.41. The number of amides is 1. The largest absolute Gasteiger partial charge is 0.497 e. The summed E-state index contributed by atoms with van der Waals surface area (Å²) < 4.78 is 15.7. The first-order valence-corrected chi connectivity index (χ1v) is 9.11. The van der Waals surface area contributed by atoms with Gasteiger partial charge in [-0.2, -0.15) is 0 Å². The third kappa shape index (κ3) is 4.38. The van der Waals surface area contributed by atoms with E-state index in [1.54, 1.807) is 26.7 Å². The van der Waals surface area contributed by atoms with Crippen LogP contribution in [0.4, 0.5) is 0 Å².